The molecule has 1 N–H and O–H groups in total. The maximum absolute atomic E-state index is 15.2. The number of hydrogen-bond donors (Lipinski definition) is 1. The Morgan fingerprint density at radius 2 is 1.57 bits per heavy atom. The van der Waals surface area contributed by atoms with E-state index < -0.39 is 11.1 Å². The summed E-state index contributed by atoms with van der Waals surface area (Å²) in [6.45, 7) is 18.9. The van der Waals surface area contributed by atoms with Crippen LogP contribution in [-0.4, -0.2) is 58.8 Å². The number of carbonyl (C=O) groups excluding carboxylic acids is 2. The largest absolute Gasteiger partial charge is 0.493 e. The van der Waals surface area contributed by atoms with Crippen molar-refractivity contribution >= 4 is 41.0 Å². The van der Waals surface area contributed by atoms with Gasteiger partial charge in [0, 0.05) is 59.5 Å². The predicted molar refractivity (Wildman–Crippen MR) is 207 cm³/mol. The van der Waals surface area contributed by atoms with Gasteiger partial charge in [-0.25, -0.2) is 4.79 Å². The van der Waals surface area contributed by atoms with Crippen molar-refractivity contribution in [3.63, 3.8) is 0 Å². The minimum Gasteiger partial charge on any atom is -0.493 e. The number of aromatic nitrogens is 1. The molecule has 1 aromatic heterocycles. The molecular weight excluding hydrogens is 681 g/mol. The monoisotopic (exact) mass is 733 g/mol. The molecule has 2 aliphatic heterocycles. The smallest absolute Gasteiger partial charge is 0.326 e. The fourth-order valence-electron chi connectivity index (χ4n) is 7.09. The van der Waals surface area contributed by atoms with Gasteiger partial charge in [0.05, 0.1) is 12.2 Å². The van der Waals surface area contributed by atoms with Crippen LogP contribution in [0.1, 0.15) is 103 Å². The van der Waals surface area contributed by atoms with E-state index in [9.17, 15) is 4.79 Å². The Morgan fingerprint density at radius 1 is 0.980 bits per heavy atom. The topological polar surface area (TPSA) is 87.1 Å². The van der Waals surface area contributed by atoms with Crippen molar-refractivity contribution in [1.82, 2.24) is 20.1 Å². The van der Waals surface area contributed by atoms with Crippen molar-refractivity contribution in [2.45, 2.75) is 97.6 Å². The summed E-state index contributed by atoms with van der Waals surface area (Å²) in [5, 5.41) is 4.31. The van der Waals surface area contributed by atoms with Crippen LogP contribution in [0, 0.1) is 11.8 Å². The van der Waals surface area contributed by atoms with Crippen LogP contribution in [0.25, 0.3) is 0 Å². The molecule has 0 spiro atoms. The molecule has 0 bridgehead atoms. The Bertz CT molecular complexity index is 1730. The second-order valence-corrected chi connectivity index (χ2v) is 16.3. The van der Waals surface area contributed by atoms with Gasteiger partial charge in [-0.15, -0.1) is 0 Å². The molecule has 0 aliphatic carbocycles. The molecule has 2 aliphatic rings. The Kier molecular flexibility index (Phi) is 11.8. The number of rotatable bonds is 10. The Labute approximate surface area is 314 Å². The van der Waals surface area contributed by atoms with Gasteiger partial charge in [0.25, 0.3) is 0 Å². The number of ether oxygens (including phenoxy) is 1. The van der Waals surface area contributed by atoms with Crippen molar-refractivity contribution in [3.05, 3.63) is 93.2 Å². The van der Waals surface area contributed by atoms with Crippen LogP contribution in [0.4, 0.5) is 4.79 Å². The van der Waals surface area contributed by atoms with E-state index in [1.54, 1.807) is 6.20 Å². The molecule has 10 heteroatoms. The third kappa shape index (κ3) is 7.92. The number of pyridine rings is 1. The Balaban J connectivity index is 1.60. The first-order valence-electron chi connectivity index (χ1n) is 18.2. The number of nitrogens with one attached hydrogen (secondary N) is 1. The second kappa shape index (κ2) is 15.5. The molecular formula is C41H53Cl2N5O3. The highest BCUT2D eigenvalue weighted by atomic mass is 35.5. The summed E-state index contributed by atoms with van der Waals surface area (Å²) in [6, 6.07) is 17.2. The lowest BCUT2D eigenvalue weighted by Gasteiger charge is -2.47. The fraction of sp³-hybridized carbons (Fsp3) is 0.512. The summed E-state index contributed by atoms with van der Waals surface area (Å²) in [6.07, 6.45) is 4.76. The first kappa shape index (κ1) is 38.6. The van der Waals surface area contributed by atoms with E-state index >= 15 is 4.79 Å². The summed E-state index contributed by atoms with van der Waals surface area (Å²) in [7, 11) is 0. The van der Waals surface area contributed by atoms with Gasteiger partial charge in [-0.1, -0.05) is 88.5 Å². The van der Waals surface area contributed by atoms with E-state index in [1.807, 2.05) is 71.3 Å². The molecule has 1 saturated heterocycles. The normalized spacial score (nSPS) is 21.7. The molecule has 3 amide bonds. The zero-order valence-corrected chi connectivity index (χ0v) is 32.9. The van der Waals surface area contributed by atoms with E-state index in [0.717, 1.165) is 36.1 Å². The SMILES string of the molecule is CCOc1cc(C(C)(C)C)ncc1C1=N[C@@](C)(c2ccc(Cl)cc2)[C@@](C)(c2ccc(Cl)cc2)N1C(=O)N1CCC(CC(=O)NC[C@@H](C)CC)CC1. The van der Waals surface area contributed by atoms with E-state index in [1.165, 1.54) is 0 Å². The van der Waals surface area contributed by atoms with Gasteiger partial charge in [0.1, 0.15) is 22.7 Å². The lowest BCUT2D eigenvalue weighted by molar-refractivity contribution is -0.122. The van der Waals surface area contributed by atoms with E-state index in [4.69, 9.17) is 37.9 Å². The third-order valence-corrected chi connectivity index (χ3v) is 11.3. The molecule has 2 aromatic carbocycles. The van der Waals surface area contributed by atoms with Gasteiger partial charge in [-0.2, -0.15) is 0 Å². The van der Waals surface area contributed by atoms with Gasteiger partial charge < -0.3 is 15.0 Å². The van der Waals surface area contributed by atoms with E-state index in [-0.39, 0.29) is 23.3 Å². The Morgan fingerprint density at radius 3 is 2.12 bits per heavy atom. The highest BCUT2D eigenvalue weighted by Crippen LogP contribution is 2.54. The van der Waals surface area contributed by atoms with Crippen molar-refractivity contribution in [3.8, 4) is 5.75 Å². The summed E-state index contributed by atoms with van der Waals surface area (Å²) < 4.78 is 6.29. The maximum atomic E-state index is 15.2. The molecule has 3 heterocycles. The molecule has 0 saturated carbocycles. The number of benzene rings is 2. The van der Waals surface area contributed by atoms with Gasteiger partial charge in [-0.3, -0.25) is 19.7 Å². The first-order valence-corrected chi connectivity index (χ1v) is 19.0. The van der Waals surface area contributed by atoms with Crippen molar-refractivity contribution < 1.29 is 14.3 Å². The van der Waals surface area contributed by atoms with Crippen molar-refractivity contribution in [2.24, 2.45) is 16.8 Å². The molecule has 0 unspecified atom stereocenters. The van der Waals surface area contributed by atoms with Crippen LogP contribution < -0.4 is 10.1 Å². The maximum Gasteiger partial charge on any atom is 0.326 e. The molecule has 274 valence electrons. The number of nitrogens with zero attached hydrogens (tertiary/aromatic N) is 4. The van der Waals surface area contributed by atoms with Gasteiger partial charge in [0.15, 0.2) is 0 Å². The number of amidine groups is 1. The molecule has 51 heavy (non-hydrogen) atoms. The average molecular weight is 735 g/mol. The standard InChI is InChI=1S/C41H53Cl2N5O3/c1-9-27(3)25-45-36(49)23-28-19-21-47(22-20-28)38(50)48-37(33-26-44-35(39(4,5)6)24-34(33)51-10-2)46-40(7,29-11-15-31(42)16-12-29)41(48,8)30-13-17-32(43)18-14-30/h11-18,24,26-28H,9-10,19-23,25H2,1-8H3,(H,45,49)/t27-,40-,41+/m0/s1. The van der Waals surface area contributed by atoms with Gasteiger partial charge >= 0.3 is 6.03 Å². The van der Waals surface area contributed by atoms with E-state index in [2.05, 4.69) is 53.8 Å². The van der Waals surface area contributed by atoms with Crippen LogP contribution in [0.15, 0.2) is 65.8 Å². The number of halogens is 2. The summed E-state index contributed by atoms with van der Waals surface area (Å²) in [4.78, 5) is 42.2. The predicted octanol–water partition coefficient (Wildman–Crippen LogP) is 9.36. The van der Waals surface area contributed by atoms with Crippen LogP contribution in [0.2, 0.25) is 10.0 Å². The number of aliphatic imine (C=N–C) groups is 1. The number of urea groups is 1. The van der Waals surface area contributed by atoms with Gasteiger partial charge in [-0.05, 0) is 80.8 Å². The first-order chi connectivity index (χ1) is 24.1. The lowest BCUT2D eigenvalue weighted by atomic mass is 9.71. The van der Waals surface area contributed by atoms with E-state index in [0.29, 0.717) is 65.8 Å². The third-order valence-electron chi connectivity index (χ3n) is 10.8. The Hall–Kier alpha value is -3.62. The molecule has 1 fully saturated rings. The summed E-state index contributed by atoms with van der Waals surface area (Å²) in [5.74, 6) is 1.84. The highest BCUT2D eigenvalue weighted by molar-refractivity contribution is 6.30. The van der Waals surface area contributed by atoms with Crippen LogP contribution >= 0.6 is 23.2 Å². The zero-order valence-electron chi connectivity index (χ0n) is 31.4. The van der Waals surface area contributed by atoms with Crippen LogP contribution in [-0.2, 0) is 21.3 Å². The quantitative estimate of drug-likeness (QED) is 0.225. The van der Waals surface area contributed by atoms with Crippen LogP contribution in [0.5, 0.6) is 5.75 Å². The average Bonchev–Trinajstić information content (AvgIpc) is 3.35. The lowest BCUT2D eigenvalue weighted by Crippen LogP contribution is -2.59. The minimum absolute atomic E-state index is 0.0812. The molecule has 3 aromatic rings. The zero-order chi connectivity index (χ0) is 37.1. The second-order valence-electron chi connectivity index (χ2n) is 15.4. The van der Waals surface area contributed by atoms with Crippen LogP contribution in [0.3, 0.4) is 0 Å². The summed E-state index contributed by atoms with van der Waals surface area (Å²) in [5.41, 5.74) is 1.10. The number of piperidine rings is 1. The number of hydrogen-bond acceptors (Lipinski definition) is 5. The highest BCUT2D eigenvalue weighted by Gasteiger charge is 2.60. The van der Waals surface area contributed by atoms with Crippen molar-refractivity contribution in [2.75, 3.05) is 26.2 Å². The van der Waals surface area contributed by atoms with Crippen molar-refractivity contribution in [1.29, 1.82) is 0 Å². The molecule has 0 radical (unpaired) electrons. The number of likely N-dealkylation sites (tertiary alicyclic amines) is 1. The molecule has 8 nitrogen and oxygen atoms in total. The number of carbonyl (C=O) groups is 2. The molecule has 3 atom stereocenters. The van der Waals surface area contributed by atoms with Gasteiger partial charge in [0.2, 0.25) is 5.91 Å². The summed E-state index contributed by atoms with van der Waals surface area (Å²) >= 11 is 12.8. The number of amides is 3. The molecule has 5 rings (SSSR count). The fourth-order valence-corrected chi connectivity index (χ4v) is 7.35. The minimum atomic E-state index is -1.02.